The molecule has 23 heavy (non-hydrogen) atoms. The molecule has 1 saturated heterocycles. The molecular formula is C13H14N8OS. The van der Waals surface area contributed by atoms with Crippen LogP contribution in [-0.4, -0.2) is 49.2 Å². The van der Waals surface area contributed by atoms with Crippen LogP contribution in [0.4, 0.5) is 10.9 Å². The van der Waals surface area contributed by atoms with Gasteiger partial charge in [0.25, 0.3) is 0 Å². The molecule has 0 atom stereocenters. The van der Waals surface area contributed by atoms with Crippen LogP contribution in [0.3, 0.4) is 0 Å². The zero-order valence-electron chi connectivity index (χ0n) is 12.2. The van der Waals surface area contributed by atoms with Crippen molar-refractivity contribution >= 4 is 33.8 Å². The maximum absolute atomic E-state index is 12.2. The number of amides is 1. The number of aromatic nitrogens is 6. The Hall–Kier alpha value is -2.62. The van der Waals surface area contributed by atoms with Crippen molar-refractivity contribution in [1.82, 2.24) is 30.2 Å². The molecule has 1 amide bonds. The number of carbonyl (C=O) groups is 1. The van der Waals surface area contributed by atoms with E-state index in [4.69, 9.17) is 0 Å². The zero-order chi connectivity index (χ0) is 15.6. The van der Waals surface area contributed by atoms with E-state index in [-0.39, 0.29) is 11.8 Å². The lowest BCUT2D eigenvalue weighted by Gasteiger charge is -2.31. The molecule has 0 spiro atoms. The summed E-state index contributed by atoms with van der Waals surface area (Å²) in [7, 11) is 0. The summed E-state index contributed by atoms with van der Waals surface area (Å²) in [4.78, 5) is 18.5. The summed E-state index contributed by atoms with van der Waals surface area (Å²) < 4.78 is 1.41. The predicted octanol–water partition coefficient (Wildman–Crippen LogP) is 0.831. The molecule has 3 aromatic heterocycles. The number of nitrogens with one attached hydrogen (secondary N) is 1. The van der Waals surface area contributed by atoms with Crippen molar-refractivity contribution in [3.05, 3.63) is 23.7 Å². The van der Waals surface area contributed by atoms with Crippen molar-refractivity contribution in [3.8, 4) is 0 Å². The Labute approximate surface area is 135 Å². The number of rotatable bonds is 3. The molecule has 1 N–H and O–H groups in total. The fraction of sp³-hybridized carbons (Fsp3) is 0.385. The maximum atomic E-state index is 12.2. The standard InChI is InChI=1S/C13H14N8OS/c22-12(15-13-14-5-8-23-13)9-3-6-20(7-4-9)11-2-1-10-16-18-19-21(10)17-11/h1-2,5,8-9H,3-4,6-7H2,(H,14,15,22). The van der Waals surface area contributed by atoms with Gasteiger partial charge in [0.1, 0.15) is 0 Å². The second-order valence-corrected chi connectivity index (χ2v) is 6.20. The first kappa shape index (κ1) is 14.0. The van der Waals surface area contributed by atoms with Gasteiger partial charge < -0.3 is 10.2 Å². The van der Waals surface area contributed by atoms with Crippen molar-refractivity contribution in [3.63, 3.8) is 0 Å². The van der Waals surface area contributed by atoms with Crippen molar-refractivity contribution < 1.29 is 4.79 Å². The SMILES string of the molecule is O=C(Nc1nccs1)C1CCN(c2ccc3nnnn3n2)CC1. The first-order valence-electron chi connectivity index (χ1n) is 7.30. The van der Waals surface area contributed by atoms with Gasteiger partial charge in [-0.05, 0) is 35.4 Å². The molecule has 10 heteroatoms. The molecule has 1 fully saturated rings. The van der Waals surface area contributed by atoms with Crippen LogP contribution in [0, 0.1) is 5.92 Å². The Bertz CT molecular complexity index is 808. The van der Waals surface area contributed by atoms with Gasteiger partial charge in [-0.25, -0.2) is 4.98 Å². The van der Waals surface area contributed by atoms with Gasteiger partial charge in [0, 0.05) is 30.6 Å². The Balaban J connectivity index is 1.39. The Kier molecular flexibility index (Phi) is 3.58. The topological polar surface area (TPSA) is 101 Å². The lowest BCUT2D eigenvalue weighted by atomic mass is 9.96. The monoisotopic (exact) mass is 330 g/mol. The first-order chi connectivity index (χ1) is 11.3. The van der Waals surface area contributed by atoms with Crippen molar-refractivity contribution in [2.24, 2.45) is 5.92 Å². The van der Waals surface area contributed by atoms with Gasteiger partial charge >= 0.3 is 0 Å². The molecule has 0 unspecified atom stereocenters. The Morgan fingerprint density at radius 2 is 2.17 bits per heavy atom. The summed E-state index contributed by atoms with van der Waals surface area (Å²) in [6.45, 7) is 1.55. The minimum absolute atomic E-state index is 0.00641. The average Bonchev–Trinajstić information content (AvgIpc) is 3.25. The van der Waals surface area contributed by atoms with Gasteiger partial charge in [-0.2, -0.15) is 0 Å². The van der Waals surface area contributed by atoms with Crippen molar-refractivity contribution in [2.75, 3.05) is 23.3 Å². The number of hydrogen-bond donors (Lipinski definition) is 1. The molecule has 1 aliphatic heterocycles. The van der Waals surface area contributed by atoms with E-state index in [1.807, 2.05) is 17.5 Å². The number of anilines is 2. The van der Waals surface area contributed by atoms with Crippen LogP contribution in [0.1, 0.15) is 12.8 Å². The van der Waals surface area contributed by atoms with Crippen LogP contribution in [0.15, 0.2) is 23.7 Å². The van der Waals surface area contributed by atoms with Crippen LogP contribution in [-0.2, 0) is 4.79 Å². The normalized spacial score (nSPS) is 15.9. The summed E-state index contributed by atoms with van der Waals surface area (Å²) >= 11 is 1.43. The molecule has 0 aromatic carbocycles. The highest BCUT2D eigenvalue weighted by atomic mass is 32.1. The highest BCUT2D eigenvalue weighted by molar-refractivity contribution is 7.13. The third-order valence-electron chi connectivity index (χ3n) is 3.91. The number of fused-ring (bicyclic) bond motifs is 1. The molecule has 0 radical (unpaired) electrons. The summed E-state index contributed by atoms with van der Waals surface area (Å²) in [5.41, 5.74) is 0.617. The van der Waals surface area contributed by atoms with E-state index in [1.54, 1.807) is 6.20 Å². The average molecular weight is 330 g/mol. The van der Waals surface area contributed by atoms with E-state index in [0.29, 0.717) is 10.8 Å². The summed E-state index contributed by atoms with van der Waals surface area (Å²) in [5, 5.41) is 21.0. The largest absolute Gasteiger partial charge is 0.355 e. The number of tetrazole rings is 1. The van der Waals surface area contributed by atoms with E-state index in [0.717, 1.165) is 31.7 Å². The molecule has 4 heterocycles. The highest BCUT2D eigenvalue weighted by Gasteiger charge is 2.26. The van der Waals surface area contributed by atoms with E-state index in [1.165, 1.54) is 16.0 Å². The van der Waals surface area contributed by atoms with Crippen LogP contribution in [0.5, 0.6) is 0 Å². The molecule has 118 valence electrons. The number of thiazole rings is 1. The van der Waals surface area contributed by atoms with Gasteiger partial charge in [-0.1, -0.05) is 0 Å². The Morgan fingerprint density at radius 1 is 1.30 bits per heavy atom. The van der Waals surface area contributed by atoms with Crippen LogP contribution < -0.4 is 10.2 Å². The van der Waals surface area contributed by atoms with Gasteiger partial charge in [-0.15, -0.1) is 26.2 Å². The fourth-order valence-corrected chi connectivity index (χ4v) is 3.20. The molecule has 0 bridgehead atoms. The van der Waals surface area contributed by atoms with E-state index >= 15 is 0 Å². The summed E-state index contributed by atoms with van der Waals surface area (Å²) in [6.07, 6.45) is 3.25. The predicted molar refractivity (Wildman–Crippen MR) is 84.3 cm³/mol. The van der Waals surface area contributed by atoms with E-state index in [9.17, 15) is 4.79 Å². The summed E-state index contributed by atoms with van der Waals surface area (Å²) in [6, 6.07) is 3.74. The minimum atomic E-state index is 0.00641. The lowest BCUT2D eigenvalue weighted by Crippen LogP contribution is -2.38. The number of piperidine rings is 1. The quantitative estimate of drug-likeness (QED) is 0.759. The maximum Gasteiger partial charge on any atom is 0.229 e. The lowest BCUT2D eigenvalue weighted by molar-refractivity contribution is -0.120. The van der Waals surface area contributed by atoms with Gasteiger partial charge in [0.2, 0.25) is 5.91 Å². The fourth-order valence-electron chi connectivity index (χ4n) is 2.67. The summed E-state index contributed by atoms with van der Waals surface area (Å²) in [5.74, 6) is 0.874. The molecule has 3 aromatic rings. The Morgan fingerprint density at radius 3 is 2.96 bits per heavy atom. The van der Waals surface area contributed by atoms with Crippen LogP contribution >= 0.6 is 11.3 Å². The molecule has 4 rings (SSSR count). The van der Waals surface area contributed by atoms with Gasteiger partial charge in [0.15, 0.2) is 16.6 Å². The second kappa shape index (κ2) is 5.88. The van der Waals surface area contributed by atoms with Crippen LogP contribution in [0.2, 0.25) is 0 Å². The molecule has 9 nitrogen and oxygen atoms in total. The third kappa shape index (κ3) is 2.84. The molecule has 0 aliphatic carbocycles. The first-order valence-corrected chi connectivity index (χ1v) is 8.18. The number of carbonyl (C=O) groups excluding carboxylic acids is 1. The number of hydrogen-bond acceptors (Lipinski definition) is 8. The van der Waals surface area contributed by atoms with Gasteiger partial charge in [-0.3, -0.25) is 4.79 Å². The van der Waals surface area contributed by atoms with Crippen LogP contribution in [0.25, 0.3) is 5.65 Å². The molecule has 0 saturated carbocycles. The van der Waals surface area contributed by atoms with E-state index < -0.39 is 0 Å². The molecular weight excluding hydrogens is 316 g/mol. The van der Waals surface area contributed by atoms with E-state index in [2.05, 4.69) is 35.8 Å². The second-order valence-electron chi connectivity index (χ2n) is 5.31. The smallest absolute Gasteiger partial charge is 0.229 e. The third-order valence-corrected chi connectivity index (χ3v) is 4.60. The van der Waals surface area contributed by atoms with Crippen molar-refractivity contribution in [2.45, 2.75) is 12.8 Å². The zero-order valence-corrected chi connectivity index (χ0v) is 13.0. The van der Waals surface area contributed by atoms with Gasteiger partial charge in [0.05, 0.1) is 0 Å². The highest BCUT2D eigenvalue weighted by Crippen LogP contribution is 2.23. The van der Waals surface area contributed by atoms with Crippen molar-refractivity contribution in [1.29, 1.82) is 0 Å². The molecule has 1 aliphatic rings. The minimum Gasteiger partial charge on any atom is -0.355 e. The number of nitrogens with zero attached hydrogens (tertiary/aromatic N) is 7.